The van der Waals surface area contributed by atoms with Gasteiger partial charge in [-0.2, -0.15) is 0 Å². The number of rotatable bonds is 12. The molecule has 2 amide bonds. The van der Waals surface area contributed by atoms with Gasteiger partial charge in [0, 0.05) is 30.6 Å². The Morgan fingerprint density at radius 1 is 1.08 bits per heavy atom. The third-order valence-corrected chi connectivity index (χ3v) is 8.42. The maximum absolute atomic E-state index is 13.5. The summed E-state index contributed by atoms with van der Waals surface area (Å²) in [5.74, 6) is -0.349. The van der Waals surface area contributed by atoms with Crippen molar-refractivity contribution in [1.29, 1.82) is 0 Å². The average molecular weight is 548 g/mol. The first-order valence-corrected chi connectivity index (χ1v) is 15.2. The number of hydrogen-bond donors (Lipinski definition) is 1. The lowest BCUT2D eigenvalue weighted by Gasteiger charge is -2.32. The topological polar surface area (TPSA) is 86.8 Å². The summed E-state index contributed by atoms with van der Waals surface area (Å²) in [6.45, 7) is 4.21. The summed E-state index contributed by atoms with van der Waals surface area (Å²) >= 11 is 6.40. The summed E-state index contributed by atoms with van der Waals surface area (Å²) in [6, 6.07) is 14.1. The molecule has 2 aromatic carbocycles. The third kappa shape index (κ3) is 8.20. The van der Waals surface area contributed by atoms with Gasteiger partial charge in [-0.1, -0.05) is 67.3 Å². The van der Waals surface area contributed by atoms with Crippen molar-refractivity contribution >= 4 is 39.1 Å². The Bertz CT molecular complexity index is 1160. The van der Waals surface area contributed by atoms with E-state index in [0.717, 1.165) is 36.8 Å². The van der Waals surface area contributed by atoms with Gasteiger partial charge in [0.2, 0.25) is 21.8 Å². The van der Waals surface area contributed by atoms with Crippen LogP contribution in [0.15, 0.2) is 48.5 Å². The lowest BCUT2D eigenvalue weighted by Crippen LogP contribution is -2.51. The summed E-state index contributed by atoms with van der Waals surface area (Å²) in [5.41, 5.74) is 2.36. The lowest BCUT2D eigenvalue weighted by atomic mass is 10.1. The van der Waals surface area contributed by atoms with Crippen LogP contribution in [0.4, 0.5) is 5.69 Å². The van der Waals surface area contributed by atoms with Crippen molar-refractivity contribution in [3.05, 3.63) is 64.7 Å². The zero-order chi connectivity index (χ0) is 27.0. The van der Waals surface area contributed by atoms with Gasteiger partial charge in [0.15, 0.2) is 0 Å². The molecule has 1 aliphatic carbocycles. The van der Waals surface area contributed by atoms with Crippen LogP contribution in [0.25, 0.3) is 0 Å². The molecule has 1 N–H and O–H groups in total. The molecule has 1 atom stereocenters. The van der Waals surface area contributed by atoms with E-state index >= 15 is 0 Å². The number of sulfonamides is 1. The fourth-order valence-corrected chi connectivity index (χ4v) is 5.97. The maximum Gasteiger partial charge on any atom is 0.243 e. The number of hydrogen-bond acceptors (Lipinski definition) is 4. The van der Waals surface area contributed by atoms with E-state index in [2.05, 4.69) is 5.32 Å². The summed E-state index contributed by atoms with van der Waals surface area (Å²) in [6.07, 6.45) is 6.17. The molecular weight excluding hydrogens is 510 g/mol. The normalized spacial score (nSPS) is 14.8. The molecular formula is C28H38ClN3O4S. The van der Waals surface area contributed by atoms with Gasteiger partial charge in [0.1, 0.15) is 6.04 Å². The zero-order valence-corrected chi connectivity index (χ0v) is 23.5. The highest BCUT2D eigenvalue weighted by atomic mass is 35.5. The predicted molar refractivity (Wildman–Crippen MR) is 149 cm³/mol. The number of carbonyl (C=O) groups is 2. The first-order chi connectivity index (χ1) is 17.6. The third-order valence-electron chi connectivity index (χ3n) is 6.86. The highest BCUT2D eigenvalue weighted by Crippen LogP contribution is 2.23. The van der Waals surface area contributed by atoms with Crippen LogP contribution in [0, 0.1) is 6.92 Å². The minimum Gasteiger partial charge on any atom is -0.352 e. The van der Waals surface area contributed by atoms with Crippen LogP contribution in [-0.4, -0.2) is 50.0 Å². The van der Waals surface area contributed by atoms with Crippen molar-refractivity contribution in [1.82, 2.24) is 10.2 Å². The first kappa shape index (κ1) is 29.0. The molecule has 7 nitrogen and oxygen atoms in total. The molecule has 1 saturated carbocycles. The van der Waals surface area contributed by atoms with Crippen molar-refractivity contribution in [2.45, 2.75) is 77.4 Å². The largest absolute Gasteiger partial charge is 0.352 e. The average Bonchev–Trinajstić information content (AvgIpc) is 3.36. The molecule has 0 unspecified atom stereocenters. The number of anilines is 1. The van der Waals surface area contributed by atoms with Crippen LogP contribution < -0.4 is 9.62 Å². The van der Waals surface area contributed by atoms with Gasteiger partial charge in [-0.25, -0.2) is 8.42 Å². The fourth-order valence-electron chi connectivity index (χ4n) is 4.81. The van der Waals surface area contributed by atoms with Crippen molar-refractivity contribution in [3.8, 4) is 0 Å². The smallest absolute Gasteiger partial charge is 0.243 e. The van der Waals surface area contributed by atoms with Crippen LogP contribution in [0.3, 0.4) is 0 Å². The molecule has 9 heteroatoms. The van der Waals surface area contributed by atoms with Gasteiger partial charge in [-0.15, -0.1) is 0 Å². The fraction of sp³-hybridized carbons (Fsp3) is 0.500. The van der Waals surface area contributed by atoms with Crippen LogP contribution in [0.5, 0.6) is 0 Å². The summed E-state index contributed by atoms with van der Waals surface area (Å²) in [5, 5.41) is 3.67. The monoisotopic (exact) mass is 547 g/mol. The van der Waals surface area contributed by atoms with Crippen molar-refractivity contribution < 1.29 is 18.0 Å². The number of carbonyl (C=O) groups excluding carboxylic acids is 2. The van der Waals surface area contributed by atoms with Gasteiger partial charge >= 0.3 is 0 Å². The highest BCUT2D eigenvalue weighted by Gasteiger charge is 2.31. The number of nitrogens with zero attached hydrogens (tertiary/aromatic N) is 2. The SMILES string of the molecule is CC[C@@H](C(=O)NC1CCCC1)N(Cc1ccccc1Cl)C(=O)CCCN(c1ccc(C)cc1)S(C)(=O)=O. The van der Waals surface area contributed by atoms with Crippen LogP contribution in [0.2, 0.25) is 5.02 Å². The highest BCUT2D eigenvalue weighted by molar-refractivity contribution is 7.92. The van der Waals surface area contributed by atoms with E-state index in [0.29, 0.717) is 23.6 Å². The molecule has 0 bridgehead atoms. The quantitative estimate of drug-likeness (QED) is 0.402. The second kappa shape index (κ2) is 13.3. The molecule has 0 radical (unpaired) electrons. The Kier molecular flexibility index (Phi) is 10.4. The molecule has 2 aromatic rings. The molecule has 0 aromatic heterocycles. The van der Waals surface area contributed by atoms with Crippen LogP contribution in [0.1, 0.15) is 63.0 Å². The number of nitrogens with one attached hydrogen (secondary N) is 1. The minimum absolute atomic E-state index is 0.107. The Balaban J connectivity index is 1.76. The second-order valence-corrected chi connectivity index (χ2v) is 12.1. The Hall–Kier alpha value is -2.58. The Labute approximate surface area is 226 Å². The number of amides is 2. The van der Waals surface area contributed by atoms with Gasteiger partial charge in [-0.3, -0.25) is 13.9 Å². The van der Waals surface area contributed by atoms with E-state index in [1.807, 2.05) is 44.2 Å². The van der Waals surface area contributed by atoms with Crippen molar-refractivity contribution in [2.75, 3.05) is 17.1 Å². The van der Waals surface area contributed by atoms with Gasteiger partial charge in [-0.05, 0) is 56.4 Å². The van der Waals surface area contributed by atoms with Crippen molar-refractivity contribution in [2.24, 2.45) is 0 Å². The molecule has 0 saturated heterocycles. The molecule has 0 spiro atoms. The van der Waals surface area contributed by atoms with Gasteiger partial charge in [0.05, 0.1) is 11.9 Å². The van der Waals surface area contributed by atoms with Crippen LogP contribution >= 0.6 is 11.6 Å². The summed E-state index contributed by atoms with van der Waals surface area (Å²) in [7, 11) is -3.52. The minimum atomic E-state index is -3.52. The summed E-state index contributed by atoms with van der Waals surface area (Å²) < 4.78 is 26.3. The van der Waals surface area contributed by atoms with Crippen LogP contribution in [-0.2, 0) is 26.2 Å². The van der Waals surface area contributed by atoms with E-state index in [9.17, 15) is 18.0 Å². The molecule has 37 heavy (non-hydrogen) atoms. The molecule has 1 aliphatic rings. The van der Waals surface area contributed by atoms with Gasteiger partial charge < -0.3 is 10.2 Å². The van der Waals surface area contributed by atoms with E-state index < -0.39 is 16.1 Å². The molecule has 0 heterocycles. The first-order valence-electron chi connectivity index (χ1n) is 13.0. The Morgan fingerprint density at radius 2 is 1.73 bits per heavy atom. The van der Waals surface area contributed by atoms with E-state index in [4.69, 9.17) is 11.6 Å². The van der Waals surface area contributed by atoms with Gasteiger partial charge in [0.25, 0.3) is 0 Å². The molecule has 1 fully saturated rings. The number of benzene rings is 2. The molecule has 202 valence electrons. The predicted octanol–water partition coefficient (Wildman–Crippen LogP) is 5.06. The van der Waals surface area contributed by atoms with Crippen molar-refractivity contribution in [3.63, 3.8) is 0 Å². The lowest BCUT2D eigenvalue weighted by molar-refractivity contribution is -0.141. The second-order valence-electron chi connectivity index (χ2n) is 9.80. The number of aryl methyl sites for hydroxylation is 1. The standard InChI is InChI=1S/C28H38ClN3O4S/c1-4-26(28(34)30-23-11-6-7-12-23)31(20-22-10-5-8-13-25(22)29)27(33)14-9-19-32(37(3,35)36)24-17-15-21(2)16-18-24/h5,8,10,13,15-18,23,26H,4,6-7,9,11-12,14,19-20H2,1-3H3,(H,30,34)/t26-/m0/s1. The number of halogens is 1. The van der Waals surface area contributed by atoms with E-state index in [-0.39, 0.29) is 37.4 Å². The zero-order valence-electron chi connectivity index (χ0n) is 22.0. The molecule has 0 aliphatic heterocycles. The Morgan fingerprint density at radius 3 is 2.32 bits per heavy atom. The maximum atomic E-state index is 13.5. The summed E-state index contributed by atoms with van der Waals surface area (Å²) in [4.78, 5) is 28.4. The van der Waals surface area contributed by atoms with E-state index in [1.54, 1.807) is 23.1 Å². The molecule has 3 rings (SSSR count). The van der Waals surface area contributed by atoms with E-state index in [1.165, 1.54) is 10.6 Å².